The van der Waals surface area contributed by atoms with Crippen LogP contribution in [-0.4, -0.2) is 0 Å². The molecule has 0 bridgehead atoms. The van der Waals surface area contributed by atoms with E-state index in [1.807, 2.05) is 0 Å². The third-order valence-corrected chi connectivity index (χ3v) is 2.35. The molecule has 0 heterocycles. The summed E-state index contributed by atoms with van der Waals surface area (Å²) in [7, 11) is 0. The summed E-state index contributed by atoms with van der Waals surface area (Å²) in [6, 6.07) is 0. The molecule has 0 atom stereocenters. The van der Waals surface area contributed by atoms with E-state index in [9.17, 15) is 0 Å². The minimum absolute atomic E-state index is 1.19. The maximum Gasteiger partial charge on any atom is -0.0279 e. The van der Waals surface area contributed by atoms with Crippen LogP contribution in [0.4, 0.5) is 0 Å². The average molecular weight is 176 g/mol. The van der Waals surface area contributed by atoms with Gasteiger partial charge < -0.3 is 0 Å². The summed E-state index contributed by atoms with van der Waals surface area (Å²) in [5.74, 6) is 0. The Morgan fingerprint density at radius 3 is 2.15 bits per heavy atom. The van der Waals surface area contributed by atoms with Crippen molar-refractivity contribution >= 4 is 0 Å². The molecule has 13 heavy (non-hydrogen) atoms. The van der Waals surface area contributed by atoms with Crippen LogP contribution in [0.5, 0.6) is 0 Å². The molecule has 72 valence electrons. The Bertz CT molecular complexity index is 203. The second-order valence-electron chi connectivity index (χ2n) is 3.16. The number of allylic oxidation sites excluding steroid dienone is 4. The van der Waals surface area contributed by atoms with Crippen molar-refractivity contribution in [2.45, 2.75) is 46.0 Å². The predicted molar refractivity (Wildman–Crippen MR) is 60.5 cm³/mol. The van der Waals surface area contributed by atoms with E-state index in [1.54, 1.807) is 11.1 Å². The van der Waals surface area contributed by atoms with Gasteiger partial charge in [-0.2, -0.15) is 0 Å². The lowest BCUT2D eigenvalue weighted by molar-refractivity contribution is 0.675. The number of terminal acetylenes is 1. The minimum atomic E-state index is 1.19. The first kappa shape index (κ1) is 12.0. The average Bonchev–Trinajstić information content (AvgIpc) is 2.22. The van der Waals surface area contributed by atoms with Gasteiger partial charge in [0.25, 0.3) is 0 Å². The Labute approximate surface area is 82.7 Å². The van der Waals surface area contributed by atoms with E-state index < -0.39 is 0 Å². The van der Waals surface area contributed by atoms with Gasteiger partial charge in [-0.3, -0.25) is 0 Å². The van der Waals surface area contributed by atoms with E-state index >= 15 is 0 Å². The lowest BCUT2D eigenvalue weighted by Crippen LogP contribution is -1.97. The van der Waals surface area contributed by atoms with Gasteiger partial charge in [0.1, 0.15) is 0 Å². The van der Waals surface area contributed by atoms with E-state index in [0.29, 0.717) is 0 Å². The van der Waals surface area contributed by atoms with Crippen molar-refractivity contribution in [3.8, 4) is 12.8 Å². The molecule has 1 rings (SSSR count). The lowest BCUT2D eigenvalue weighted by atomic mass is 9.89. The fourth-order valence-electron chi connectivity index (χ4n) is 1.76. The van der Waals surface area contributed by atoms with E-state index in [1.165, 1.54) is 32.1 Å². The smallest absolute Gasteiger partial charge is 0.0279 e. The van der Waals surface area contributed by atoms with Crippen LogP contribution in [0.1, 0.15) is 46.0 Å². The molecule has 0 aromatic rings. The first-order valence-electron chi connectivity index (χ1n) is 5.06. The van der Waals surface area contributed by atoms with E-state index in [-0.39, 0.29) is 0 Å². The molecule has 0 radical (unpaired) electrons. The highest BCUT2D eigenvalue weighted by atomic mass is 14.1. The number of hydrogen-bond donors (Lipinski definition) is 0. The summed E-state index contributed by atoms with van der Waals surface area (Å²) in [4.78, 5) is 0. The van der Waals surface area contributed by atoms with Gasteiger partial charge >= 0.3 is 0 Å². The summed E-state index contributed by atoms with van der Waals surface area (Å²) in [6.07, 6.45) is 19.3. The molecule has 0 spiro atoms. The van der Waals surface area contributed by atoms with Gasteiger partial charge in [-0.25, -0.2) is 0 Å². The third kappa shape index (κ3) is 3.99. The van der Waals surface area contributed by atoms with Crippen molar-refractivity contribution in [1.29, 1.82) is 0 Å². The largest absolute Gasteiger partial charge is 0.124 e. The van der Waals surface area contributed by atoms with Crippen LogP contribution in [0.25, 0.3) is 0 Å². The summed E-state index contributed by atoms with van der Waals surface area (Å²) < 4.78 is 0. The molecule has 1 fully saturated rings. The van der Waals surface area contributed by atoms with Crippen LogP contribution in [0, 0.1) is 12.8 Å². The minimum Gasteiger partial charge on any atom is -0.124 e. The van der Waals surface area contributed by atoms with Gasteiger partial charge in [0, 0.05) is 0 Å². The monoisotopic (exact) mass is 176 g/mol. The predicted octanol–water partition coefficient (Wildman–Crippen LogP) is 4.09. The van der Waals surface area contributed by atoms with E-state index in [0.717, 1.165) is 0 Å². The third-order valence-electron chi connectivity index (χ3n) is 2.35. The zero-order valence-corrected chi connectivity index (χ0v) is 8.84. The van der Waals surface area contributed by atoms with Gasteiger partial charge in [0.05, 0.1) is 0 Å². The summed E-state index contributed by atoms with van der Waals surface area (Å²) in [6.45, 7) is 4.37. The van der Waals surface area contributed by atoms with Crippen LogP contribution in [0.15, 0.2) is 23.3 Å². The Balaban J connectivity index is 0.000000671. The quantitative estimate of drug-likeness (QED) is 0.528. The van der Waals surface area contributed by atoms with Crippen molar-refractivity contribution in [3.63, 3.8) is 0 Å². The molecule has 0 heteroatoms. The topological polar surface area (TPSA) is 0 Å². The van der Waals surface area contributed by atoms with E-state index in [4.69, 9.17) is 0 Å². The Morgan fingerprint density at radius 1 is 1.15 bits per heavy atom. The molecule has 0 aliphatic heterocycles. The molecule has 1 aliphatic carbocycles. The Hall–Kier alpha value is -0.960. The molecule has 0 saturated heterocycles. The number of hydrogen-bond acceptors (Lipinski definition) is 0. The molecule has 0 aromatic heterocycles. The second-order valence-corrected chi connectivity index (χ2v) is 3.16. The first-order chi connectivity index (χ1) is 6.38. The molecule has 0 amide bonds. The second kappa shape index (κ2) is 7.68. The first-order valence-corrected chi connectivity index (χ1v) is 5.06. The van der Waals surface area contributed by atoms with Gasteiger partial charge in [0.15, 0.2) is 0 Å². The van der Waals surface area contributed by atoms with E-state index in [2.05, 4.69) is 38.8 Å². The molecular weight excluding hydrogens is 156 g/mol. The van der Waals surface area contributed by atoms with Crippen LogP contribution in [0.2, 0.25) is 0 Å². The van der Waals surface area contributed by atoms with Crippen molar-refractivity contribution in [2.75, 3.05) is 0 Å². The van der Waals surface area contributed by atoms with Gasteiger partial charge in [-0.15, -0.1) is 12.8 Å². The molecule has 1 saturated carbocycles. The van der Waals surface area contributed by atoms with Crippen LogP contribution < -0.4 is 0 Å². The van der Waals surface area contributed by atoms with Crippen LogP contribution in [-0.2, 0) is 0 Å². The molecule has 0 aromatic carbocycles. The highest BCUT2D eigenvalue weighted by Crippen LogP contribution is 2.28. The van der Waals surface area contributed by atoms with Crippen LogP contribution >= 0.6 is 0 Å². The van der Waals surface area contributed by atoms with Crippen molar-refractivity contribution in [1.82, 2.24) is 0 Å². The maximum atomic E-state index is 4.00. The molecule has 1 aliphatic rings. The highest BCUT2D eigenvalue weighted by molar-refractivity contribution is 5.31. The van der Waals surface area contributed by atoms with Gasteiger partial charge in [-0.1, -0.05) is 19.1 Å². The van der Waals surface area contributed by atoms with Gasteiger partial charge in [0.2, 0.25) is 0 Å². The zero-order chi connectivity index (χ0) is 10.1. The summed E-state index contributed by atoms with van der Waals surface area (Å²) >= 11 is 0. The fourth-order valence-corrected chi connectivity index (χ4v) is 1.76. The normalized spacial score (nSPS) is 22.5. The zero-order valence-electron chi connectivity index (χ0n) is 8.84. The number of rotatable bonds is 1. The molecule has 0 nitrogen and oxygen atoms in total. The van der Waals surface area contributed by atoms with Crippen molar-refractivity contribution < 1.29 is 0 Å². The lowest BCUT2D eigenvalue weighted by Gasteiger charge is -2.17. The highest BCUT2D eigenvalue weighted by Gasteiger charge is 2.08. The summed E-state index contributed by atoms with van der Waals surface area (Å²) in [5.41, 5.74) is 3.21. The SMILES string of the molecule is C#C.C/C=C1/CCCC/C1=C/CC. The van der Waals surface area contributed by atoms with Crippen molar-refractivity contribution in [2.24, 2.45) is 0 Å². The van der Waals surface area contributed by atoms with Crippen LogP contribution in [0.3, 0.4) is 0 Å². The maximum absolute atomic E-state index is 4.00. The Kier molecular flexibility index (Phi) is 7.11. The fraction of sp³-hybridized carbons (Fsp3) is 0.538. The standard InChI is InChI=1S/C11H18.C2H2/c1-3-7-11-9-6-5-8-10(11)4-2;1-2/h4,7H,3,5-6,8-9H2,1-2H3;1-2H/b10-4-,11-7-;. The van der Waals surface area contributed by atoms with Gasteiger partial charge in [-0.05, 0) is 50.2 Å². The molecular formula is C13H20. The van der Waals surface area contributed by atoms with Crippen molar-refractivity contribution in [3.05, 3.63) is 23.3 Å². The Morgan fingerprint density at radius 2 is 1.69 bits per heavy atom. The summed E-state index contributed by atoms with van der Waals surface area (Å²) in [5, 5.41) is 0. The molecule has 0 unspecified atom stereocenters. The molecule has 0 N–H and O–H groups in total.